The molecule has 1 aromatic carbocycles. The lowest BCUT2D eigenvalue weighted by atomic mass is 9.95. The first kappa shape index (κ1) is 11.2. The average Bonchev–Trinajstić information content (AvgIpc) is 2.65. The van der Waals surface area contributed by atoms with Gasteiger partial charge in [0.2, 0.25) is 5.91 Å². The Balaban J connectivity index is 2.04. The fraction of sp³-hybridized carbons (Fsp3) is 0.500. The fourth-order valence-electron chi connectivity index (χ4n) is 2.24. The third-order valence-corrected chi connectivity index (χ3v) is 3.07. The molecule has 1 saturated heterocycles. The van der Waals surface area contributed by atoms with Crippen molar-refractivity contribution >= 4 is 5.91 Å². The molecule has 1 heterocycles. The van der Waals surface area contributed by atoms with Crippen LogP contribution in [-0.2, 0) is 11.2 Å². The maximum absolute atomic E-state index is 11.1. The number of hydrogen-bond acceptors (Lipinski definition) is 1. The van der Waals surface area contributed by atoms with Gasteiger partial charge in [-0.3, -0.25) is 4.79 Å². The summed E-state index contributed by atoms with van der Waals surface area (Å²) in [6.45, 7) is 5.25. The van der Waals surface area contributed by atoms with Crippen LogP contribution in [0, 0.1) is 5.92 Å². The Hall–Kier alpha value is -1.31. The molecule has 0 saturated carbocycles. The molecule has 1 aliphatic rings. The van der Waals surface area contributed by atoms with Crippen LogP contribution in [0.5, 0.6) is 0 Å². The Morgan fingerprint density at radius 1 is 1.31 bits per heavy atom. The third-order valence-electron chi connectivity index (χ3n) is 3.07. The smallest absolute Gasteiger partial charge is 0.220 e. The molecule has 1 N–H and O–H groups in total. The van der Waals surface area contributed by atoms with E-state index < -0.39 is 0 Å². The lowest BCUT2D eigenvalue weighted by Crippen LogP contribution is -2.13. The average molecular weight is 217 g/mol. The van der Waals surface area contributed by atoms with Gasteiger partial charge in [0.15, 0.2) is 0 Å². The molecule has 1 fully saturated rings. The Kier molecular flexibility index (Phi) is 3.28. The zero-order valence-corrected chi connectivity index (χ0v) is 9.99. The van der Waals surface area contributed by atoms with Gasteiger partial charge >= 0.3 is 0 Å². The molecule has 2 nitrogen and oxygen atoms in total. The van der Waals surface area contributed by atoms with Gasteiger partial charge in [0.05, 0.1) is 0 Å². The molecule has 1 atom stereocenters. The highest BCUT2D eigenvalue weighted by Crippen LogP contribution is 2.23. The van der Waals surface area contributed by atoms with Crippen LogP contribution < -0.4 is 5.32 Å². The van der Waals surface area contributed by atoms with Crippen LogP contribution in [0.3, 0.4) is 0 Å². The minimum atomic E-state index is 0.177. The highest BCUT2D eigenvalue weighted by Gasteiger charge is 2.22. The Labute approximate surface area is 97.1 Å². The molecule has 2 heteroatoms. The maximum atomic E-state index is 11.1. The SMILES string of the molecule is CC(C)Cc1ccc(C2CNC(=O)C2)cc1. The van der Waals surface area contributed by atoms with E-state index in [4.69, 9.17) is 0 Å². The summed E-state index contributed by atoms with van der Waals surface area (Å²) < 4.78 is 0. The maximum Gasteiger partial charge on any atom is 0.220 e. The van der Waals surface area contributed by atoms with Gasteiger partial charge in [0.25, 0.3) is 0 Å². The van der Waals surface area contributed by atoms with Crippen LogP contribution in [0.2, 0.25) is 0 Å². The summed E-state index contributed by atoms with van der Waals surface area (Å²) in [5.74, 6) is 1.25. The van der Waals surface area contributed by atoms with Crippen molar-refractivity contribution in [1.29, 1.82) is 0 Å². The number of carbonyl (C=O) groups is 1. The molecule has 0 bridgehead atoms. The first-order valence-corrected chi connectivity index (χ1v) is 6.00. The number of rotatable bonds is 3. The molecule has 1 aromatic rings. The van der Waals surface area contributed by atoms with Crippen molar-refractivity contribution in [3.05, 3.63) is 35.4 Å². The highest BCUT2D eigenvalue weighted by atomic mass is 16.1. The van der Waals surface area contributed by atoms with E-state index in [1.807, 2.05) is 0 Å². The lowest BCUT2D eigenvalue weighted by molar-refractivity contribution is -0.119. The van der Waals surface area contributed by atoms with Crippen LogP contribution >= 0.6 is 0 Å². The van der Waals surface area contributed by atoms with E-state index in [0.29, 0.717) is 18.3 Å². The number of nitrogens with one attached hydrogen (secondary N) is 1. The molecular formula is C14H19NO. The molecule has 0 aliphatic carbocycles. The zero-order valence-electron chi connectivity index (χ0n) is 9.99. The Bertz CT molecular complexity index is 367. The van der Waals surface area contributed by atoms with Crippen molar-refractivity contribution in [2.24, 2.45) is 5.92 Å². The lowest BCUT2D eigenvalue weighted by Gasteiger charge is -2.09. The van der Waals surface area contributed by atoms with E-state index in [-0.39, 0.29) is 5.91 Å². The number of carbonyl (C=O) groups excluding carboxylic acids is 1. The van der Waals surface area contributed by atoms with E-state index in [2.05, 4.69) is 43.4 Å². The Morgan fingerprint density at radius 2 is 2.00 bits per heavy atom. The third kappa shape index (κ3) is 2.63. The molecule has 1 amide bonds. The largest absolute Gasteiger partial charge is 0.355 e. The summed E-state index contributed by atoms with van der Waals surface area (Å²) in [7, 11) is 0. The molecule has 86 valence electrons. The molecule has 1 unspecified atom stereocenters. The summed E-state index contributed by atoms with van der Waals surface area (Å²) in [5.41, 5.74) is 2.67. The second kappa shape index (κ2) is 4.69. The second-order valence-corrected chi connectivity index (χ2v) is 5.04. The zero-order chi connectivity index (χ0) is 11.5. The van der Waals surface area contributed by atoms with Gasteiger partial charge in [-0.05, 0) is 23.5 Å². The van der Waals surface area contributed by atoms with Crippen LogP contribution in [-0.4, -0.2) is 12.5 Å². The van der Waals surface area contributed by atoms with Gasteiger partial charge in [0, 0.05) is 18.9 Å². The minimum absolute atomic E-state index is 0.177. The van der Waals surface area contributed by atoms with E-state index in [9.17, 15) is 4.79 Å². The van der Waals surface area contributed by atoms with Crippen molar-refractivity contribution in [2.75, 3.05) is 6.54 Å². The molecule has 16 heavy (non-hydrogen) atoms. The highest BCUT2D eigenvalue weighted by molar-refractivity contribution is 5.79. The second-order valence-electron chi connectivity index (χ2n) is 5.04. The van der Waals surface area contributed by atoms with Crippen molar-refractivity contribution in [1.82, 2.24) is 5.32 Å². The predicted octanol–water partition coefficient (Wildman–Crippen LogP) is 2.49. The van der Waals surface area contributed by atoms with Gasteiger partial charge < -0.3 is 5.32 Å². The first-order valence-electron chi connectivity index (χ1n) is 6.00. The quantitative estimate of drug-likeness (QED) is 0.828. The monoisotopic (exact) mass is 217 g/mol. The van der Waals surface area contributed by atoms with Gasteiger partial charge in [-0.25, -0.2) is 0 Å². The summed E-state index contributed by atoms with van der Waals surface area (Å²) in [6.07, 6.45) is 1.77. The van der Waals surface area contributed by atoms with Crippen molar-refractivity contribution in [3.8, 4) is 0 Å². The minimum Gasteiger partial charge on any atom is -0.355 e. The predicted molar refractivity (Wildman–Crippen MR) is 65.4 cm³/mol. The number of benzene rings is 1. The van der Waals surface area contributed by atoms with Crippen LogP contribution in [0.25, 0.3) is 0 Å². The first-order chi connectivity index (χ1) is 7.65. The van der Waals surface area contributed by atoms with E-state index in [1.54, 1.807) is 0 Å². The van der Waals surface area contributed by atoms with Crippen LogP contribution in [0.4, 0.5) is 0 Å². The van der Waals surface area contributed by atoms with Crippen molar-refractivity contribution < 1.29 is 4.79 Å². The van der Waals surface area contributed by atoms with Gasteiger partial charge in [0.1, 0.15) is 0 Å². The van der Waals surface area contributed by atoms with E-state index >= 15 is 0 Å². The van der Waals surface area contributed by atoms with E-state index in [0.717, 1.165) is 13.0 Å². The standard InChI is InChI=1S/C14H19NO/c1-10(2)7-11-3-5-12(6-4-11)13-8-14(16)15-9-13/h3-6,10,13H,7-9H2,1-2H3,(H,15,16). The van der Waals surface area contributed by atoms with Gasteiger partial charge in [-0.15, -0.1) is 0 Å². The number of hydrogen-bond donors (Lipinski definition) is 1. The van der Waals surface area contributed by atoms with Crippen molar-refractivity contribution in [3.63, 3.8) is 0 Å². The molecule has 0 aromatic heterocycles. The van der Waals surface area contributed by atoms with Crippen molar-refractivity contribution in [2.45, 2.75) is 32.6 Å². The summed E-state index contributed by atoms with van der Waals surface area (Å²) >= 11 is 0. The molecule has 1 aliphatic heterocycles. The molecule has 0 radical (unpaired) electrons. The van der Waals surface area contributed by atoms with Crippen LogP contribution in [0.15, 0.2) is 24.3 Å². The fourth-order valence-corrected chi connectivity index (χ4v) is 2.24. The summed E-state index contributed by atoms with van der Waals surface area (Å²) in [4.78, 5) is 11.1. The molecular weight excluding hydrogens is 198 g/mol. The van der Waals surface area contributed by atoms with Crippen LogP contribution in [0.1, 0.15) is 37.3 Å². The molecule has 2 rings (SSSR count). The van der Waals surface area contributed by atoms with E-state index in [1.165, 1.54) is 11.1 Å². The Morgan fingerprint density at radius 3 is 2.50 bits per heavy atom. The normalized spacial score (nSPS) is 20.2. The summed E-state index contributed by atoms with van der Waals surface area (Å²) in [5, 5.41) is 2.88. The van der Waals surface area contributed by atoms with Gasteiger partial charge in [-0.1, -0.05) is 38.1 Å². The molecule has 0 spiro atoms. The van der Waals surface area contributed by atoms with Gasteiger partial charge in [-0.2, -0.15) is 0 Å². The topological polar surface area (TPSA) is 29.1 Å². The number of amides is 1. The summed E-state index contributed by atoms with van der Waals surface area (Å²) in [6, 6.07) is 8.72.